The largest absolute Gasteiger partial charge is 0.487 e. The predicted molar refractivity (Wildman–Crippen MR) is 86.7 cm³/mol. The van der Waals surface area contributed by atoms with Crippen LogP contribution >= 0.6 is 11.6 Å². The van der Waals surface area contributed by atoms with Crippen molar-refractivity contribution in [3.8, 4) is 5.75 Å². The van der Waals surface area contributed by atoms with Crippen LogP contribution in [0, 0.1) is 0 Å². The SMILES string of the molecule is CC(CNC(=O)CCCCCCN)Oc1ccccc1Cl. The van der Waals surface area contributed by atoms with Crippen molar-refractivity contribution in [2.24, 2.45) is 5.73 Å². The third-order valence-electron chi connectivity index (χ3n) is 3.11. The number of ether oxygens (including phenoxy) is 1. The maximum Gasteiger partial charge on any atom is 0.220 e. The molecule has 0 heterocycles. The minimum atomic E-state index is -0.119. The molecule has 0 radical (unpaired) electrons. The van der Waals surface area contributed by atoms with Gasteiger partial charge in [-0.2, -0.15) is 0 Å². The molecule has 0 spiro atoms. The zero-order chi connectivity index (χ0) is 15.5. The monoisotopic (exact) mass is 312 g/mol. The Labute approximate surface area is 132 Å². The number of nitrogens with one attached hydrogen (secondary N) is 1. The maximum atomic E-state index is 11.7. The Hall–Kier alpha value is -1.26. The van der Waals surface area contributed by atoms with E-state index in [1.807, 2.05) is 25.1 Å². The van der Waals surface area contributed by atoms with E-state index < -0.39 is 0 Å². The van der Waals surface area contributed by atoms with Crippen LogP contribution in [0.2, 0.25) is 5.02 Å². The first-order valence-corrected chi connectivity index (χ1v) is 7.89. The molecule has 4 nitrogen and oxygen atoms in total. The molecule has 21 heavy (non-hydrogen) atoms. The Morgan fingerprint density at radius 3 is 2.71 bits per heavy atom. The second kappa shape index (κ2) is 10.5. The first-order valence-electron chi connectivity index (χ1n) is 7.51. The number of para-hydroxylation sites is 1. The van der Waals surface area contributed by atoms with Crippen LogP contribution in [0.1, 0.15) is 39.0 Å². The van der Waals surface area contributed by atoms with Crippen molar-refractivity contribution in [1.82, 2.24) is 5.32 Å². The van der Waals surface area contributed by atoms with Gasteiger partial charge in [0.15, 0.2) is 0 Å². The topological polar surface area (TPSA) is 64.4 Å². The molecule has 1 rings (SSSR count). The van der Waals surface area contributed by atoms with Crippen LogP contribution in [-0.2, 0) is 4.79 Å². The number of hydrogen-bond acceptors (Lipinski definition) is 3. The van der Waals surface area contributed by atoms with Crippen LogP contribution in [0.15, 0.2) is 24.3 Å². The van der Waals surface area contributed by atoms with Crippen molar-refractivity contribution >= 4 is 17.5 Å². The van der Waals surface area contributed by atoms with Crippen LogP contribution in [0.4, 0.5) is 0 Å². The van der Waals surface area contributed by atoms with E-state index in [4.69, 9.17) is 22.1 Å². The first-order chi connectivity index (χ1) is 10.1. The van der Waals surface area contributed by atoms with E-state index in [-0.39, 0.29) is 12.0 Å². The van der Waals surface area contributed by atoms with E-state index in [1.165, 1.54) is 0 Å². The standard InChI is InChI=1S/C16H25ClN2O2/c1-13(21-15-9-6-5-8-14(15)17)12-19-16(20)10-4-2-3-7-11-18/h5-6,8-9,13H,2-4,7,10-12,18H2,1H3,(H,19,20). The van der Waals surface area contributed by atoms with Gasteiger partial charge in [-0.05, 0) is 38.4 Å². The van der Waals surface area contributed by atoms with Crippen LogP contribution in [0.3, 0.4) is 0 Å². The molecule has 0 aliphatic carbocycles. The summed E-state index contributed by atoms with van der Waals surface area (Å²) in [6, 6.07) is 7.32. The smallest absolute Gasteiger partial charge is 0.220 e. The lowest BCUT2D eigenvalue weighted by Gasteiger charge is -2.16. The number of rotatable bonds is 10. The number of halogens is 1. The van der Waals surface area contributed by atoms with Crippen molar-refractivity contribution < 1.29 is 9.53 Å². The van der Waals surface area contributed by atoms with Gasteiger partial charge in [0.25, 0.3) is 0 Å². The number of benzene rings is 1. The normalized spacial score (nSPS) is 12.0. The molecule has 1 unspecified atom stereocenters. The van der Waals surface area contributed by atoms with Gasteiger partial charge in [-0.1, -0.05) is 36.6 Å². The van der Waals surface area contributed by atoms with Gasteiger partial charge in [0.2, 0.25) is 5.91 Å². The van der Waals surface area contributed by atoms with Gasteiger partial charge in [0.1, 0.15) is 11.9 Å². The summed E-state index contributed by atoms with van der Waals surface area (Å²) < 4.78 is 5.69. The lowest BCUT2D eigenvalue weighted by Crippen LogP contribution is -2.33. The quantitative estimate of drug-likeness (QED) is 0.652. The number of unbranched alkanes of at least 4 members (excludes halogenated alkanes) is 3. The first kappa shape index (κ1) is 17.8. The second-order valence-electron chi connectivity index (χ2n) is 5.12. The van der Waals surface area contributed by atoms with Crippen molar-refractivity contribution in [3.63, 3.8) is 0 Å². The Morgan fingerprint density at radius 1 is 1.29 bits per heavy atom. The molecule has 118 valence electrons. The number of hydrogen-bond donors (Lipinski definition) is 2. The molecule has 0 aliphatic heterocycles. The highest BCUT2D eigenvalue weighted by atomic mass is 35.5. The minimum Gasteiger partial charge on any atom is -0.487 e. The molecule has 3 N–H and O–H groups in total. The molecule has 1 aromatic carbocycles. The molecular weight excluding hydrogens is 288 g/mol. The summed E-state index contributed by atoms with van der Waals surface area (Å²) in [6.45, 7) is 3.11. The van der Waals surface area contributed by atoms with Gasteiger partial charge in [-0.3, -0.25) is 4.79 Å². The molecule has 1 atom stereocenters. The summed E-state index contributed by atoms with van der Waals surface area (Å²) in [5.74, 6) is 0.708. The number of carbonyl (C=O) groups excluding carboxylic acids is 1. The fourth-order valence-corrected chi connectivity index (χ4v) is 2.11. The van der Waals surface area contributed by atoms with E-state index in [2.05, 4.69) is 5.32 Å². The lowest BCUT2D eigenvalue weighted by atomic mass is 10.1. The van der Waals surface area contributed by atoms with Crippen molar-refractivity contribution in [3.05, 3.63) is 29.3 Å². The van der Waals surface area contributed by atoms with Gasteiger partial charge < -0.3 is 15.8 Å². The van der Waals surface area contributed by atoms with Crippen LogP contribution in [-0.4, -0.2) is 25.1 Å². The molecule has 1 aromatic rings. The molecule has 0 fully saturated rings. The molecule has 0 saturated heterocycles. The van der Waals surface area contributed by atoms with E-state index >= 15 is 0 Å². The zero-order valence-corrected chi connectivity index (χ0v) is 13.4. The summed E-state index contributed by atoms with van der Waals surface area (Å²) in [5.41, 5.74) is 5.42. The number of nitrogens with two attached hydrogens (primary N) is 1. The summed E-state index contributed by atoms with van der Waals surface area (Å²) in [6.07, 6.45) is 4.52. The predicted octanol–water partition coefficient (Wildman–Crippen LogP) is 3.13. The van der Waals surface area contributed by atoms with Gasteiger partial charge in [0.05, 0.1) is 11.6 Å². The highest BCUT2D eigenvalue weighted by molar-refractivity contribution is 6.32. The Balaban J connectivity index is 2.16. The molecule has 1 amide bonds. The molecule has 0 aromatic heterocycles. The summed E-state index contributed by atoms with van der Waals surface area (Å²) in [4.78, 5) is 11.7. The summed E-state index contributed by atoms with van der Waals surface area (Å²) in [7, 11) is 0. The second-order valence-corrected chi connectivity index (χ2v) is 5.52. The van der Waals surface area contributed by atoms with Gasteiger partial charge in [0, 0.05) is 6.42 Å². The third kappa shape index (κ3) is 7.93. The molecule has 0 bridgehead atoms. The highest BCUT2D eigenvalue weighted by Crippen LogP contribution is 2.23. The van der Waals surface area contributed by atoms with Gasteiger partial charge in [-0.15, -0.1) is 0 Å². The van der Waals surface area contributed by atoms with Crippen molar-refractivity contribution in [1.29, 1.82) is 0 Å². The summed E-state index contributed by atoms with van der Waals surface area (Å²) >= 11 is 6.02. The molecule has 5 heteroatoms. The van der Waals surface area contributed by atoms with Crippen LogP contribution in [0.5, 0.6) is 5.75 Å². The Kier molecular flexibility index (Phi) is 8.87. The molecule has 0 aliphatic rings. The fraction of sp³-hybridized carbons (Fsp3) is 0.562. The van der Waals surface area contributed by atoms with Crippen molar-refractivity contribution in [2.75, 3.05) is 13.1 Å². The lowest BCUT2D eigenvalue weighted by molar-refractivity contribution is -0.121. The van der Waals surface area contributed by atoms with Gasteiger partial charge in [-0.25, -0.2) is 0 Å². The van der Waals surface area contributed by atoms with E-state index in [9.17, 15) is 4.79 Å². The number of carbonyl (C=O) groups is 1. The van der Waals surface area contributed by atoms with E-state index in [0.29, 0.717) is 23.7 Å². The summed E-state index contributed by atoms with van der Waals surface area (Å²) in [5, 5.41) is 3.46. The third-order valence-corrected chi connectivity index (χ3v) is 3.42. The maximum absolute atomic E-state index is 11.7. The van der Waals surface area contributed by atoms with Crippen LogP contribution in [0.25, 0.3) is 0 Å². The number of amides is 1. The Bertz CT molecular complexity index is 426. The highest BCUT2D eigenvalue weighted by Gasteiger charge is 2.08. The fourth-order valence-electron chi connectivity index (χ4n) is 1.93. The minimum absolute atomic E-state index is 0.0670. The van der Waals surface area contributed by atoms with E-state index in [1.54, 1.807) is 6.07 Å². The zero-order valence-electron chi connectivity index (χ0n) is 12.6. The molecule has 0 saturated carbocycles. The average Bonchev–Trinajstić information content (AvgIpc) is 2.47. The van der Waals surface area contributed by atoms with Crippen LogP contribution < -0.4 is 15.8 Å². The Morgan fingerprint density at radius 2 is 2.00 bits per heavy atom. The van der Waals surface area contributed by atoms with Crippen molar-refractivity contribution in [2.45, 2.75) is 45.1 Å². The van der Waals surface area contributed by atoms with E-state index in [0.717, 1.165) is 32.2 Å². The van der Waals surface area contributed by atoms with Gasteiger partial charge >= 0.3 is 0 Å². The molecular formula is C16H25ClN2O2. The average molecular weight is 313 g/mol.